The molecule has 3 rings (SSSR count). The van der Waals surface area contributed by atoms with E-state index in [1.807, 2.05) is 50.2 Å². The number of hydrogen-bond acceptors (Lipinski definition) is 4. The summed E-state index contributed by atoms with van der Waals surface area (Å²) in [5, 5.41) is 5.05. The summed E-state index contributed by atoms with van der Waals surface area (Å²) < 4.78 is 11.6. The van der Waals surface area contributed by atoms with Crippen molar-refractivity contribution >= 4 is 35.3 Å². The molecule has 0 bridgehead atoms. The fourth-order valence-electron chi connectivity index (χ4n) is 2.90. The van der Waals surface area contributed by atoms with E-state index >= 15 is 0 Å². The van der Waals surface area contributed by atoms with Crippen molar-refractivity contribution in [1.29, 1.82) is 0 Å². The number of hydrazone groups is 1. The molecule has 0 aliphatic carbocycles. The van der Waals surface area contributed by atoms with Crippen molar-refractivity contribution in [3.63, 3.8) is 0 Å². The summed E-state index contributed by atoms with van der Waals surface area (Å²) >= 11 is 12.5. The van der Waals surface area contributed by atoms with E-state index in [9.17, 15) is 4.79 Å². The van der Waals surface area contributed by atoms with Crippen molar-refractivity contribution in [2.75, 3.05) is 6.61 Å². The first-order valence-corrected chi connectivity index (χ1v) is 10.5. The highest BCUT2D eigenvalue weighted by Gasteiger charge is 2.13. The van der Waals surface area contributed by atoms with Crippen molar-refractivity contribution < 1.29 is 14.3 Å². The molecular weight excluding hydrogens is 435 g/mol. The van der Waals surface area contributed by atoms with Gasteiger partial charge in [0.2, 0.25) is 0 Å². The van der Waals surface area contributed by atoms with E-state index in [0.717, 1.165) is 11.1 Å². The summed E-state index contributed by atoms with van der Waals surface area (Å²) in [4.78, 5) is 12.3. The molecular formula is C24H22Cl2N2O3. The van der Waals surface area contributed by atoms with Crippen LogP contribution in [0, 0.1) is 6.92 Å². The predicted molar refractivity (Wildman–Crippen MR) is 125 cm³/mol. The molecule has 0 atom stereocenters. The van der Waals surface area contributed by atoms with Gasteiger partial charge in [0.1, 0.15) is 6.61 Å². The van der Waals surface area contributed by atoms with Crippen LogP contribution in [-0.4, -0.2) is 18.7 Å². The molecule has 0 heterocycles. The number of rotatable bonds is 8. The van der Waals surface area contributed by atoms with E-state index in [4.69, 9.17) is 32.7 Å². The summed E-state index contributed by atoms with van der Waals surface area (Å²) in [6, 6.07) is 18.2. The van der Waals surface area contributed by atoms with Gasteiger partial charge in [-0.1, -0.05) is 53.5 Å². The van der Waals surface area contributed by atoms with Crippen molar-refractivity contribution in [3.8, 4) is 11.5 Å². The summed E-state index contributed by atoms with van der Waals surface area (Å²) in [5.41, 5.74) is 5.54. The first-order valence-electron chi connectivity index (χ1n) is 9.70. The minimum Gasteiger partial charge on any atom is -0.490 e. The Morgan fingerprint density at radius 3 is 2.61 bits per heavy atom. The summed E-state index contributed by atoms with van der Waals surface area (Å²) in [5.74, 6) is 0.639. The molecule has 3 aromatic carbocycles. The van der Waals surface area contributed by atoms with Crippen LogP contribution >= 0.6 is 23.2 Å². The first kappa shape index (κ1) is 22.7. The van der Waals surface area contributed by atoms with Crippen LogP contribution in [0.15, 0.2) is 65.8 Å². The van der Waals surface area contributed by atoms with Gasteiger partial charge in [-0.25, -0.2) is 5.43 Å². The molecule has 0 saturated carbocycles. The molecule has 0 fully saturated rings. The van der Waals surface area contributed by atoms with Crippen LogP contribution in [0.4, 0.5) is 0 Å². The lowest BCUT2D eigenvalue weighted by Gasteiger charge is -2.14. The highest BCUT2D eigenvalue weighted by atomic mass is 35.5. The number of amides is 1. The number of nitrogens with zero attached hydrogens (tertiary/aromatic N) is 1. The molecule has 1 amide bonds. The Bertz CT molecular complexity index is 1100. The van der Waals surface area contributed by atoms with Gasteiger partial charge in [-0.15, -0.1) is 0 Å². The average molecular weight is 457 g/mol. The van der Waals surface area contributed by atoms with Crippen molar-refractivity contribution in [1.82, 2.24) is 5.43 Å². The van der Waals surface area contributed by atoms with Gasteiger partial charge in [-0.3, -0.25) is 4.79 Å². The second-order valence-corrected chi connectivity index (χ2v) is 7.54. The molecule has 1 N–H and O–H groups in total. The lowest BCUT2D eigenvalue weighted by atomic mass is 10.1. The van der Waals surface area contributed by atoms with Gasteiger partial charge in [0, 0.05) is 10.6 Å². The van der Waals surface area contributed by atoms with E-state index in [1.165, 1.54) is 6.21 Å². The van der Waals surface area contributed by atoms with Crippen LogP contribution in [0.3, 0.4) is 0 Å². The largest absolute Gasteiger partial charge is 0.490 e. The van der Waals surface area contributed by atoms with Gasteiger partial charge in [0.15, 0.2) is 11.5 Å². The van der Waals surface area contributed by atoms with Gasteiger partial charge in [-0.05, 0) is 60.9 Å². The molecule has 0 radical (unpaired) electrons. The summed E-state index contributed by atoms with van der Waals surface area (Å²) in [7, 11) is 0. The van der Waals surface area contributed by atoms with Crippen LogP contribution in [0.25, 0.3) is 0 Å². The molecule has 0 aliphatic rings. The first-order chi connectivity index (χ1) is 15.0. The Kier molecular flexibility index (Phi) is 7.93. The van der Waals surface area contributed by atoms with Crippen LogP contribution < -0.4 is 14.9 Å². The number of nitrogens with one attached hydrogen (secondary N) is 1. The smallest absolute Gasteiger partial charge is 0.271 e. The van der Waals surface area contributed by atoms with Gasteiger partial charge in [-0.2, -0.15) is 5.10 Å². The number of carbonyl (C=O) groups is 1. The molecule has 0 saturated heterocycles. The van der Waals surface area contributed by atoms with Crippen LogP contribution in [0.1, 0.15) is 34.0 Å². The fourth-order valence-corrected chi connectivity index (χ4v) is 3.39. The summed E-state index contributed by atoms with van der Waals surface area (Å²) in [6.45, 7) is 4.47. The average Bonchev–Trinajstić information content (AvgIpc) is 2.73. The molecule has 5 nitrogen and oxygen atoms in total. The van der Waals surface area contributed by atoms with Gasteiger partial charge in [0.25, 0.3) is 5.91 Å². The second kappa shape index (κ2) is 10.8. The maximum Gasteiger partial charge on any atom is 0.271 e. The Balaban J connectivity index is 1.73. The zero-order chi connectivity index (χ0) is 22.2. The molecule has 0 aromatic heterocycles. The fraction of sp³-hybridized carbons (Fsp3) is 0.167. The van der Waals surface area contributed by atoms with Crippen molar-refractivity contribution in [2.45, 2.75) is 20.5 Å². The molecule has 0 spiro atoms. The minimum atomic E-state index is -0.285. The van der Waals surface area contributed by atoms with Gasteiger partial charge >= 0.3 is 0 Å². The maximum absolute atomic E-state index is 12.3. The Labute approximate surface area is 191 Å². The Hall–Kier alpha value is -3.02. The third-order valence-corrected chi connectivity index (χ3v) is 4.89. The molecule has 31 heavy (non-hydrogen) atoms. The van der Waals surface area contributed by atoms with Crippen LogP contribution in [0.5, 0.6) is 11.5 Å². The van der Waals surface area contributed by atoms with E-state index < -0.39 is 0 Å². The summed E-state index contributed by atoms with van der Waals surface area (Å²) in [6.07, 6.45) is 1.51. The number of aryl methyl sites for hydroxylation is 1. The van der Waals surface area contributed by atoms with Crippen LogP contribution in [0.2, 0.25) is 10.0 Å². The third kappa shape index (κ3) is 6.23. The Morgan fingerprint density at radius 2 is 1.87 bits per heavy atom. The lowest BCUT2D eigenvalue weighted by Crippen LogP contribution is -2.18. The molecule has 3 aromatic rings. The topological polar surface area (TPSA) is 59.9 Å². The number of carbonyl (C=O) groups excluding carboxylic acids is 1. The lowest BCUT2D eigenvalue weighted by molar-refractivity contribution is 0.0954. The predicted octanol–water partition coefficient (Wildman–Crippen LogP) is 6.04. The number of hydrogen-bond donors (Lipinski definition) is 1. The van der Waals surface area contributed by atoms with Crippen molar-refractivity contribution in [3.05, 3.63) is 93.0 Å². The van der Waals surface area contributed by atoms with E-state index in [-0.39, 0.29) is 5.91 Å². The standard InChI is InChI=1S/C24H22Cl2N2O3/c1-3-30-22-13-18(14-27-28-24(29)20-10-5-4-7-16(20)2)12-21(26)23(22)31-15-17-8-6-9-19(25)11-17/h4-14H,3,15H2,1-2H3,(H,28,29)/b27-14+. The Morgan fingerprint density at radius 1 is 1.06 bits per heavy atom. The molecule has 7 heteroatoms. The maximum atomic E-state index is 12.3. The van der Waals surface area contributed by atoms with Gasteiger partial charge < -0.3 is 9.47 Å². The minimum absolute atomic E-state index is 0.285. The van der Waals surface area contributed by atoms with E-state index in [1.54, 1.807) is 24.3 Å². The molecule has 160 valence electrons. The van der Waals surface area contributed by atoms with Crippen molar-refractivity contribution in [2.24, 2.45) is 5.10 Å². The number of halogens is 2. The second-order valence-electron chi connectivity index (χ2n) is 6.70. The van der Waals surface area contributed by atoms with E-state index in [0.29, 0.717) is 45.9 Å². The normalized spacial score (nSPS) is 10.8. The monoisotopic (exact) mass is 456 g/mol. The zero-order valence-corrected chi connectivity index (χ0v) is 18.7. The molecule has 0 aliphatic heterocycles. The molecule has 0 unspecified atom stereocenters. The number of ether oxygens (including phenoxy) is 2. The number of benzene rings is 3. The van der Waals surface area contributed by atoms with Crippen LogP contribution in [-0.2, 0) is 6.61 Å². The highest BCUT2D eigenvalue weighted by molar-refractivity contribution is 6.32. The quantitative estimate of drug-likeness (QED) is 0.331. The zero-order valence-electron chi connectivity index (χ0n) is 17.2. The SMILES string of the molecule is CCOc1cc(/C=N/NC(=O)c2ccccc2C)cc(Cl)c1OCc1cccc(Cl)c1. The highest BCUT2D eigenvalue weighted by Crippen LogP contribution is 2.37. The van der Waals surface area contributed by atoms with E-state index in [2.05, 4.69) is 10.5 Å². The van der Waals surface area contributed by atoms with Gasteiger partial charge in [0.05, 0.1) is 17.8 Å². The third-order valence-electron chi connectivity index (χ3n) is 4.37.